The van der Waals surface area contributed by atoms with Crippen LogP contribution >= 0.6 is 15.9 Å². The largest absolute Gasteiger partial charge is 0.376 e. The topological polar surface area (TPSA) is 21.3 Å². The number of ether oxygens (including phenoxy) is 1. The van der Waals surface area contributed by atoms with E-state index in [0.717, 1.165) is 29.0 Å². The van der Waals surface area contributed by atoms with Gasteiger partial charge in [-0.05, 0) is 50.3 Å². The first kappa shape index (κ1) is 13.5. The van der Waals surface area contributed by atoms with Crippen molar-refractivity contribution in [1.29, 1.82) is 0 Å². The van der Waals surface area contributed by atoms with E-state index in [1.807, 2.05) is 13.0 Å². The summed E-state index contributed by atoms with van der Waals surface area (Å²) in [6, 6.07) is 5.47. The normalized spacial score (nSPS) is 28.6. The van der Waals surface area contributed by atoms with Gasteiger partial charge >= 0.3 is 0 Å². The Kier molecular flexibility index (Phi) is 3.92. The zero-order valence-corrected chi connectivity index (χ0v) is 12.6. The predicted octanol–water partition coefficient (Wildman–Crippen LogP) is 3.81. The Morgan fingerprint density at radius 3 is 2.89 bits per heavy atom. The van der Waals surface area contributed by atoms with E-state index in [-0.39, 0.29) is 11.9 Å². The molecule has 1 aliphatic heterocycles. The molecule has 3 unspecified atom stereocenters. The van der Waals surface area contributed by atoms with Gasteiger partial charge in [-0.3, -0.25) is 0 Å². The van der Waals surface area contributed by atoms with Gasteiger partial charge in [0.2, 0.25) is 0 Å². The number of nitrogens with one attached hydrogen (secondary N) is 1. The van der Waals surface area contributed by atoms with Crippen LogP contribution < -0.4 is 5.32 Å². The second kappa shape index (κ2) is 5.51. The smallest absolute Gasteiger partial charge is 0.128 e. The van der Waals surface area contributed by atoms with E-state index in [4.69, 9.17) is 4.74 Å². The first-order valence-corrected chi connectivity index (χ1v) is 7.77. The second-order valence-corrected chi connectivity index (χ2v) is 6.54. The summed E-state index contributed by atoms with van der Waals surface area (Å²) in [5, 5.41) is 3.55. The lowest BCUT2D eigenvalue weighted by atomic mass is 10.0. The molecule has 3 rings (SSSR count). The van der Waals surface area contributed by atoms with E-state index >= 15 is 0 Å². The van der Waals surface area contributed by atoms with Gasteiger partial charge in [-0.2, -0.15) is 0 Å². The molecule has 1 aliphatic carbocycles. The average molecular weight is 328 g/mol. The summed E-state index contributed by atoms with van der Waals surface area (Å²) in [5.74, 6) is 0.574. The maximum atomic E-state index is 13.9. The molecule has 1 saturated heterocycles. The van der Waals surface area contributed by atoms with Gasteiger partial charge in [-0.1, -0.05) is 15.9 Å². The van der Waals surface area contributed by atoms with Crippen molar-refractivity contribution in [3.63, 3.8) is 0 Å². The molecule has 4 heteroatoms. The lowest BCUT2D eigenvalue weighted by molar-refractivity contribution is 0.0792. The molecule has 2 fully saturated rings. The fraction of sp³-hybridized carbons (Fsp3) is 0.600. The monoisotopic (exact) mass is 327 g/mol. The molecule has 1 heterocycles. The Hall–Kier alpha value is -0.450. The lowest BCUT2D eigenvalue weighted by Crippen LogP contribution is -2.39. The van der Waals surface area contributed by atoms with Crippen LogP contribution in [0.25, 0.3) is 0 Å². The number of halogens is 2. The van der Waals surface area contributed by atoms with Crippen molar-refractivity contribution in [1.82, 2.24) is 5.32 Å². The molecule has 2 nitrogen and oxygen atoms in total. The molecule has 0 bridgehead atoms. The van der Waals surface area contributed by atoms with Crippen molar-refractivity contribution in [3.05, 3.63) is 34.1 Å². The first-order chi connectivity index (χ1) is 9.15. The van der Waals surface area contributed by atoms with Crippen LogP contribution in [0.4, 0.5) is 4.39 Å². The summed E-state index contributed by atoms with van der Waals surface area (Å²) in [7, 11) is 0. The summed E-state index contributed by atoms with van der Waals surface area (Å²) < 4.78 is 20.6. The van der Waals surface area contributed by atoms with Crippen molar-refractivity contribution in [3.8, 4) is 0 Å². The molecule has 104 valence electrons. The summed E-state index contributed by atoms with van der Waals surface area (Å²) in [4.78, 5) is 0. The van der Waals surface area contributed by atoms with Gasteiger partial charge in [0.15, 0.2) is 0 Å². The molecule has 19 heavy (non-hydrogen) atoms. The molecule has 3 atom stereocenters. The third-order valence-electron chi connectivity index (χ3n) is 4.11. The Morgan fingerprint density at radius 1 is 1.37 bits per heavy atom. The highest BCUT2D eigenvalue weighted by Gasteiger charge is 2.41. The zero-order chi connectivity index (χ0) is 13.4. The minimum atomic E-state index is -0.148. The quantitative estimate of drug-likeness (QED) is 0.908. The van der Waals surface area contributed by atoms with E-state index in [9.17, 15) is 4.39 Å². The van der Waals surface area contributed by atoms with Crippen molar-refractivity contribution in [2.45, 2.75) is 44.4 Å². The van der Waals surface area contributed by atoms with E-state index in [0.29, 0.717) is 12.1 Å². The number of hydrogen-bond acceptors (Lipinski definition) is 2. The number of rotatable bonds is 4. The van der Waals surface area contributed by atoms with Crippen molar-refractivity contribution < 1.29 is 9.13 Å². The minimum absolute atomic E-state index is 0.00505. The third kappa shape index (κ3) is 3.01. The van der Waals surface area contributed by atoms with Crippen LogP contribution in [-0.4, -0.2) is 18.8 Å². The molecule has 1 N–H and O–H groups in total. The van der Waals surface area contributed by atoms with Gasteiger partial charge in [0.25, 0.3) is 0 Å². The number of benzene rings is 1. The summed E-state index contributed by atoms with van der Waals surface area (Å²) in [6.07, 6.45) is 3.92. The van der Waals surface area contributed by atoms with Crippen molar-refractivity contribution in [2.24, 2.45) is 5.92 Å². The van der Waals surface area contributed by atoms with E-state index in [1.165, 1.54) is 18.9 Å². The fourth-order valence-electron chi connectivity index (χ4n) is 2.94. The highest BCUT2D eigenvalue weighted by Crippen LogP contribution is 2.39. The fourth-order valence-corrected chi connectivity index (χ4v) is 3.32. The van der Waals surface area contributed by atoms with Gasteiger partial charge in [0.1, 0.15) is 5.82 Å². The first-order valence-electron chi connectivity index (χ1n) is 6.98. The summed E-state index contributed by atoms with van der Waals surface area (Å²) in [6.45, 7) is 2.85. The van der Waals surface area contributed by atoms with Crippen LogP contribution in [0, 0.1) is 11.7 Å². The van der Waals surface area contributed by atoms with E-state index < -0.39 is 0 Å². The molecule has 1 saturated carbocycles. The molecule has 1 aromatic rings. The van der Waals surface area contributed by atoms with Crippen LogP contribution in [0.15, 0.2) is 22.7 Å². The minimum Gasteiger partial charge on any atom is -0.376 e. The van der Waals surface area contributed by atoms with Gasteiger partial charge in [0, 0.05) is 28.7 Å². The van der Waals surface area contributed by atoms with Crippen LogP contribution in [0.3, 0.4) is 0 Å². The van der Waals surface area contributed by atoms with Crippen LogP contribution in [0.2, 0.25) is 0 Å². The Labute approximate surface area is 121 Å². The lowest BCUT2D eigenvalue weighted by Gasteiger charge is -2.24. The summed E-state index contributed by atoms with van der Waals surface area (Å²) in [5.41, 5.74) is 0.718. The van der Waals surface area contributed by atoms with Crippen molar-refractivity contribution in [2.75, 3.05) is 6.61 Å². The SMILES string of the molecule is CC(NC1CCOC1C1CC1)c1cc(Br)ccc1F. The Bertz CT molecular complexity index is 463. The Balaban J connectivity index is 1.70. The van der Waals surface area contributed by atoms with Gasteiger partial charge in [0.05, 0.1) is 6.10 Å². The maximum Gasteiger partial charge on any atom is 0.128 e. The van der Waals surface area contributed by atoms with Gasteiger partial charge < -0.3 is 10.1 Å². The highest BCUT2D eigenvalue weighted by atomic mass is 79.9. The Morgan fingerprint density at radius 2 is 2.16 bits per heavy atom. The van der Waals surface area contributed by atoms with E-state index in [2.05, 4.69) is 21.2 Å². The molecule has 0 radical (unpaired) electrons. The van der Waals surface area contributed by atoms with Crippen molar-refractivity contribution >= 4 is 15.9 Å². The van der Waals surface area contributed by atoms with Crippen LogP contribution in [0.5, 0.6) is 0 Å². The standard InChI is InChI=1S/C15H19BrFNO/c1-9(12-8-11(16)4-5-13(12)17)18-14-6-7-19-15(14)10-2-3-10/h4-5,8-10,14-15,18H,2-3,6-7H2,1H3. The third-order valence-corrected chi connectivity index (χ3v) is 4.60. The zero-order valence-electron chi connectivity index (χ0n) is 11.0. The van der Waals surface area contributed by atoms with E-state index in [1.54, 1.807) is 6.07 Å². The molecule has 0 amide bonds. The molecular weight excluding hydrogens is 309 g/mol. The summed E-state index contributed by atoms with van der Waals surface area (Å²) >= 11 is 3.40. The molecule has 0 aromatic heterocycles. The van der Waals surface area contributed by atoms with Gasteiger partial charge in [-0.25, -0.2) is 4.39 Å². The average Bonchev–Trinajstić information content (AvgIpc) is 3.13. The highest BCUT2D eigenvalue weighted by molar-refractivity contribution is 9.10. The second-order valence-electron chi connectivity index (χ2n) is 5.62. The molecule has 2 aliphatic rings. The van der Waals surface area contributed by atoms with Gasteiger partial charge in [-0.15, -0.1) is 0 Å². The van der Waals surface area contributed by atoms with Crippen LogP contribution in [-0.2, 0) is 4.74 Å². The molecule has 0 spiro atoms. The molecular formula is C15H19BrFNO. The van der Waals surface area contributed by atoms with Crippen LogP contribution in [0.1, 0.15) is 37.8 Å². The maximum absolute atomic E-state index is 13.9. The number of hydrogen-bond donors (Lipinski definition) is 1. The predicted molar refractivity (Wildman–Crippen MR) is 76.5 cm³/mol. The molecule has 1 aromatic carbocycles.